The molecule has 3 aromatic rings. The molecular formula is C20H17ClN4O3. The number of nitrogens with one attached hydrogen (secondary N) is 2. The predicted molar refractivity (Wildman–Crippen MR) is 105 cm³/mol. The van der Waals surface area contributed by atoms with Gasteiger partial charge in [-0.25, -0.2) is 14.6 Å². The number of para-hydroxylation sites is 1. The molecule has 2 heterocycles. The number of imidazole rings is 1. The summed E-state index contributed by atoms with van der Waals surface area (Å²) in [5, 5.41) is 12.7. The molecule has 7 nitrogen and oxygen atoms in total. The maximum atomic E-state index is 13.1. The number of anilines is 1. The molecule has 2 amide bonds. The number of carbonyl (C=O) groups excluding carboxylic acids is 1. The first-order valence-electron chi connectivity index (χ1n) is 8.72. The molecule has 0 saturated carbocycles. The Balaban J connectivity index is 1.68. The van der Waals surface area contributed by atoms with Crippen LogP contribution in [0.15, 0.2) is 54.9 Å². The number of aromatic nitrogens is 2. The third-order valence-corrected chi connectivity index (χ3v) is 5.02. The number of carboxylic acid groups (broad SMARTS) is 1. The molecule has 1 aliphatic rings. The summed E-state index contributed by atoms with van der Waals surface area (Å²) < 4.78 is 0. The van der Waals surface area contributed by atoms with Gasteiger partial charge in [0.2, 0.25) is 0 Å². The van der Waals surface area contributed by atoms with Gasteiger partial charge in [0.25, 0.3) is 0 Å². The van der Waals surface area contributed by atoms with Crippen LogP contribution < -0.4 is 5.32 Å². The maximum Gasteiger partial charge on any atom is 0.337 e. The second-order valence-corrected chi connectivity index (χ2v) is 6.88. The van der Waals surface area contributed by atoms with Gasteiger partial charge in [0.05, 0.1) is 23.3 Å². The normalized spacial score (nSPS) is 15.8. The van der Waals surface area contributed by atoms with E-state index < -0.39 is 12.0 Å². The van der Waals surface area contributed by atoms with Crippen LogP contribution in [0.5, 0.6) is 0 Å². The van der Waals surface area contributed by atoms with Crippen molar-refractivity contribution in [3.8, 4) is 0 Å². The lowest BCUT2D eigenvalue weighted by Crippen LogP contribution is -2.43. The molecule has 0 saturated heterocycles. The summed E-state index contributed by atoms with van der Waals surface area (Å²) >= 11 is 6.01. The molecular weight excluding hydrogens is 380 g/mol. The molecule has 2 aromatic carbocycles. The summed E-state index contributed by atoms with van der Waals surface area (Å²) in [6.45, 7) is 0.462. The molecule has 8 heteroatoms. The first kappa shape index (κ1) is 18.1. The molecule has 0 aliphatic carbocycles. The average molecular weight is 397 g/mol. The maximum absolute atomic E-state index is 13.1. The highest BCUT2D eigenvalue weighted by atomic mass is 35.5. The first-order valence-corrected chi connectivity index (χ1v) is 9.10. The largest absolute Gasteiger partial charge is 0.478 e. The van der Waals surface area contributed by atoms with E-state index in [1.54, 1.807) is 41.6 Å². The van der Waals surface area contributed by atoms with Crippen molar-refractivity contribution in [3.63, 3.8) is 0 Å². The van der Waals surface area contributed by atoms with E-state index in [2.05, 4.69) is 15.3 Å². The second kappa shape index (κ2) is 7.36. The van der Waals surface area contributed by atoms with E-state index in [1.807, 2.05) is 12.1 Å². The molecule has 4 rings (SSSR count). The number of rotatable bonds is 3. The number of H-pyrrole nitrogens is 1. The standard InChI is InChI=1S/C20H17ClN4O3/c21-13-7-5-12(6-8-13)18-17-16(22-11-23-17)9-10-25(18)20(28)24-15-4-2-1-3-14(15)19(26)27/h1-8,11,18H,9-10H2,(H,22,23)(H,24,28)(H,26,27)/t18-/m0/s1. The molecule has 0 unspecified atom stereocenters. The van der Waals surface area contributed by atoms with Crippen molar-refractivity contribution in [1.29, 1.82) is 0 Å². The molecule has 0 fully saturated rings. The van der Waals surface area contributed by atoms with E-state index in [-0.39, 0.29) is 17.3 Å². The van der Waals surface area contributed by atoms with Crippen molar-refractivity contribution in [3.05, 3.63) is 82.4 Å². The van der Waals surface area contributed by atoms with E-state index in [1.165, 1.54) is 6.07 Å². The van der Waals surface area contributed by atoms with Crippen LogP contribution in [-0.4, -0.2) is 38.5 Å². The van der Waals surface area contributed by atoms with Crippen LogP contribution in [0.2, 0.25) is 5.02 Å². The SMILES string of the molecule is O=C(O)c1ccccc1NC(=O)N1CCc2[nH]cnc2[C@@H]1c1ccc(Cl)cc1. The Morgan fingerprint density at radius 2 is 1.93 bits per heavy atom. The van der Waals surface area contributed by atoms with Crippen molar-refractivity contribution in [2.75, 3.05) is 11.9 Å². The second-order valence-electron chi connectivity index (χ2n) is 6.44. The number of carboxylic acids is 1. The van der Waals surface area contributed by atoms with Gasteiger partial charge in [-0.05, 0) is 29.8 Å². The highest BCUT2D eigenvalue weighted by Crippen LogP contribution is 2.34. The lowest BCUT2D eigenvalue weighted by molar-refractivity contribution is 0.0698. The zero-order valence-electron chi connectivity index (χ0n) is 14.7. The van der Waals surface area contributed by atoms with Gasteiger partial charge >= 0.3 is 12.0 Å². The lowest BCUT2D eigenvalue weighted by atomic mass is 9.96. The van der Waals surface area contributed by atoms with Crippen LogP contribution in [0.3, 0.4) is 0 Å². The summed E-state index contributed by atoms with van der Waals surface area (Å²) in [6, 6.07) is 12.8. The fraction of sp³-hybridized carbons (Fsp3) is 0.150. The van der Waals surface area contributed by atoms with Crippen molar-refractivity contribution >= 4 is 29.3 Å². The Morgan fingerprint density at radius 1 is 1.18 bits per heavy atom. The Bertz CT molecular complexity index is 1030. The zero-order valence-corrected chi connectivity index (χ0v) is 15.5. The van der Waals surface area contributed by atoms with Gasteiger partial charge in [-0.2, -0.15) is 0 Å². The molecule has 28 heavy (non-hydrogen) atoms. The Hall–Kier alpha value is -3.32. The molecule has 1 aromatic heterocycles. The topological polar surface area (TPSA) is 98.3 Å². The number of amides is 2. The van der Waals surface area contributed by atoms with E-state index in [0.29, 0.717) is 18.0 Å². The monoisotopic (exact) mass is 396 g/mol. The Morgan fingerprint density at radius 3 is 2.68 bits per heavy atom. The van der Waals surface area contributed by atoms with E-state index in [4.69, 9.17) is 11.6 Å². The highest BCUT2D eigenvalue weighted by Gasteiger charge is 2.34. The summed E-state index contributed by atoms with van der Waals surface area (Å²) in [5.41, 5.74) is 2.92. The van der Waals surface area contributed by atoms with Crippen molar-refractivity contribution < 1.29 is 14.7 Å². The number of fused-ring (bicyclic) bond motifs is 1. The van der Waals surface area contributed by atoms with E-state index >= 15 is 0 Å². The van der Waals surface area contributed by atoms with Gasteiger partial charge in [-0.3, -0.25) is 0 Å². The van der Waals surface area contributed by atoms with Crippen LogP contribution in [0, 0.1) is 0 Å². The van der Waals surface area contributed by atoms with Gasteiger partial charge in [-0.1, -0.05) is 35.9 Å². The number of aromatic carboxylic acids is 1. The van der Waals surface area contributed by atoms with Gasteiger partial charge in [0.1, 0.15) is 6.04 Å². The van der Waals surface area contributed by atoms with Crippen LogP contribution in [0.1, 0.15) is 33.4 Å². The van der Waals surface area contributed by atoms with Crippen LogP contribution in [0.25, 0.3) is 0 Å². The minimum absolute atomic E-state index is 0.0383. The molecule has 3 N–H and O–H groups in total. The minimum atomic E-state index is -1.10. The van der Waals surface area contributed by atoms with Gasteiger partial charge in [0.15, 0.2) is 0 Å². The van der Waals surface area contributed by atoms with Crippen molar-refractivity contribution in [2.45, 2.75) is 12.5 Å². The van der Waals surface area contributed by atoms with E-state index in [9.17, 15) is 14.7 Å². The number of urea groups is 1. The molecule has 1 aliphatic heterocycles. The zero-order chi connectivity index (χ0) is 19.7. The molecule has 0 bridgehead atoms. The number of carbonyl (C=O) groups is 2. The van der Waals surface area contributed by atoms with Crippen molar-refractivity contribution in [1.82, 2.24) is 14.9 Å². The quantitative estimate of drug-likeness (QED) is 0.624. The summed E-state index contributed by atoms with van der Waals surface area (Å²) in [6.07, 6.45) is 2.25. The first-order chi connectivity index (χ1) is 13.5. The third-order valence-electron chi connectivity index (χ3n) is 4.77. The molecule has 0 radical (unpaired) electrons. The minimum Gasteiger partial charge on any atom is -0.478 e. The third kappa shape index (κ3) is 3.32. The lowest BCUT2D eigenvalue weighted by Gasteiger charge is -2.35. The highest BCUT2D eigenvalue weighted by molar-refractivity contribution is 6.30. The van der Waals surface area contributed by atoms with Gasteiger partial charge in [0, 0.05) is 23.7 Å². The van der Waals surface area contributed by atoms with Gasteiger partial charge < -0.3 is 20.3 Å². The van der Waals surface area contributed by atoms with E-state index in [0.717, 1.165) is 17.0 Å². The fourth-order valence-corrected chi connectivity index (χ4v) is 3.57. The number of hydrogen-bond donors (Lipinski definition) is 3. The number of halogens is 1. The number of aromatic amines is 1. The van der Waals surface area contributed by atoms with Crippen molar-refractivity contribution in [2.24, 2.45) is 0 Å². The molecule has 1 atom stereocenters. The molecule has 142 valence electrons. The summed E-state index contributed by atoms with van der Waals surface area (Å²) in [4.78, 5) is 33.7. The predicted octanol–water partition coefficient (Wildman–Crippen LogP) is 3.94. The smallest absolute Gasteiger partial charge is 0.337 e. The summed E-state index contributed by atoms with van der Waals surface area (Å²) in [7, 11) is 0. The summed E-state index contributed by atoms with van der Waals surface area (Å²) in [5.74, 6) is -1.10. The van der Waals surface area contributed by atoms with Crippen LogP contribution in [0.4, 0.5) is 10.5 Å². The Labute approximate surface area is 166 Å². The molecule has 0 spiro atoms. The number of nitrogens with zero attached hydrogens (tertiary/aromatic N) is 2. The van der Waals surface area contributed by atoms with Gasteiger partial charge in [-0.15, -0.1) is 0 Å². The average Bonchev–Trinajstić information content (AvgIpc) is 3.17. The number of benzene rings is 2. The Kier molecular flexibility index (Phi) is 4.75. The van der Waals surface area contributed by atoms with Crippen LogP contribution in [-0.2, 0) is 6.42 Å². The fourth-order valence-electron chi connectivity index (χ4n) is 3.44. The van der Waals surface area contributed by atoms with Crippen LogP contribution >= 0.6 is 11.6 Å². The number of hydrogen-bond acceptors (Lipinski definition) is 3.